The maximum atomic E-state index is 5.11. The summed E-state index contributed by atoms with van der Waals surface area (Å²) in [6.07, 6.45) is 3.95. The van der Waals surface area contributed by atoms with Crippen molar-refractivity contribution in [1.82, 2.24) is 19.1 Å². The Bertz CT molecular complexity index is 7000. The first-order valence-electron chi connectivity index (χ1n) is 47.4. The van der Waals surface area contributed by atoms with Gasteiger partial charge in [-0.3, -0.25) is 0 Å². The van der Waals surface area contributed by atoms with E-state index in [2.05, 4.69) is 528 Å². The molecule has 2 aliphatic rings. The fraction of sp³-hybridized carbons (Fsp3) is 0.323. The van der Waals surface area contributed by atoms with Crippen molar-refractivity contribution in [3.05, 3.63) is 394 Å². The quantitative estimate of drug-likeness (QED) is 0.101. The number of pyridine rings is 2. The molecule has 0 saturated heterocycles. The molecule has 0 bridgehead atoms. The number of rotatable bonds is 14. The van der Waals surface area contributed by atoms with Crippen molar-refractivity contribution < 1.29 is 42.1 Å². The smallest absolute Gasteiger partial charge is 0.135 e. The fourth-order valence-corrected chi connectivity index (χ4v) is 18.9. The Morgan fingerprint density at radius 3 is 0.858 bits per heavy atom. The second-order valence-electron chi connectivity index (χ2n) is 46.5. The predicted octanol–water partition coefficient (Wildman–Crippen LogP) is 32.8. The number of hydrogen-bond donors (Lipinski definition) is 0. The molecule has 0 amide bonds. The van der Waals surface area contributed by atoms with Crippen LogP contribution in [0.15, 0.2) is 273 Å². The molecule has 0 fully saturated rings. The van der Waals surface area contributed by atoms with Crippen LogP contribution in [-0.2, 0) is 102 Å². The zero-order valence-corrected chi connectivity index (χ0v) is 88.9. The number of para-hydroxylation sites is 6. The van der Waals surface area contributed by atoms with Crippen LogP contribution in [0.25, 0.3) is 55.2 Å². The van der Waals surface area contributed by atoms with E-state index in [0.717, 1.165) is 101 Å². The van der Waals surface area contributed by atoms with Gasteiger partial charge >= 0.3 is 0 Å². The summed E-state index contributed by atoms with van der Waals surface area (Å²) in [5.74, 6) is 1.78. The van der Waals surface area contributed by atoms with E-state index in [0.29, 0.717) is 0 Å². The van der Waals surface area contributed by atoms with Gasteiger partial charge in [0.1, 0.15) is 11.6 Å². The Labute approximate surface area is 829 Å². The van der Waals surface area contributed by atoms with E-state index in [1.54, 1.807) is 0 Å². The summed E-state index contributed by atoms with van der Waals surface area (Å²) in [6.45, 7) is 71.3. The standard InChI is InChI=1S/C64H71N4.C60H63N4.2Pt/c1-59(2,3)45-32-46(60(4,5)6)35-49(34-45)64(15,16)44-30-31-65-58(40-44)68-54-25-18-17-24-52(54)53-29-28-43(39-57(53)68)63(13,14)42-22-21-23-50(36-42)66-41-67(56-27-20-19-26-55(56)66)51-37-47(61(7,8)9)33-48(38-51)62(10,11)12;1-56(2,3)40-25-27-41(28-26-40)59(10,11)44-31-32-61-55(38-44)64-51-22-15-14-21-49(51)50-30-29-43(37-54(50)64)60(12,13)42-19-18-20-47(34-42)62-39-63(53-24-17-16-23-52(53)62)48-35-45(57(4,5)6)33-46(36-48)58(7,8)9;;/h17-35,37-38,40-41H,1-16H3;14-33,35-36,38-39H,1-13H3;;/q2*-3;;. The molecule has 134 heavy (non-hydrogen) atoms. The van der Waals surface area contributed by atoms with Crippen LogP contribution in [-0.4, -0.2) is 19.1 Å². The van der Waals surface area contributed by atoms with Crippen LogP contribution >= 0.6 is 0 Å². The van der Waals surface area contributed by atoms with Crippen molar-refractivity contribution in [2.45, 2.75) is 260 Å². The monoisotopic (exact) mass is 2130 g/mol. The van der Waals surface area contributed by atoms with E-state index in [1.165, 1.54) is 83.3 Å². The van der Waals surface area contributed by atoms with Gasteiger partial charge in [0.2, 0.25) is 0 Å². The second-order valence-corrected chi connectivity index (χ2v) is 46.5. The van der Waals surface area contributed by atoms with Crippen LogP contribution in [0.3, 0.4) is 0 Å². The molecule has 12 aromatic carbocycles. The van der Waals surface area contributed by atoms with Crippen molar-refractivity contribution in [1.29, 1.82) is 0 Å². The molecule has 4 aromatic heterocycles. The number of aromatic nitrogens is 4. The molecule has 0 atom stereocenters. The average molecular weight is 2130 g/mol. The van der Waals surface area contributed by atoms with Gasteiger partial charge in [0, 0.05) is 111 Å². The third-order valence-electron chi connectivity index (χ3n) is 28.3. The van der Waals surface area contributed by atoms with Crippen LogP contribution < -0.4 is 19.6 Å². The van der Waals surface area contributed by atoms with E-state index >= 15 is 0 Å². The normalized spacial score (nSPS) is 13.8. The van der Waals surface area contributed by atoms with Gasteiger partial charge in [-0.25, -0.2) is 9.97 Å². The minimum absolute atomic E-state index is 0. The van der Waals surface area contributed by atoms with Gasteiger partial charge in [0.05, 0.1) is 0 Å². The molecule has 8 nitrogen and oxygen atoms in total. The third-order valence-corrected chi connectivity index (χ3v) is 28.3. The van der Waals surface area contributed by atoms with Gasteiger partial charge in [-0.05, 0) is 206 Å². The molecule has 0 aliphatic carbocycles. The van der Waals surface area contributed by atoms with E-state index in [4.69, 9.17) is 9.97 Å². The molecular formula is C124H134N8Pt2-6. The van der Waals surface area contributed by atoms with Gasteiger partial charge in [-0.15, -0.1) is 35.5 Å². The molecule has 0 saturated carbocycles. The molecule has 0 unspecified atom stereocenters. The molecule has 0 radical (unpaired) electrons. The molecule has 18 rings (SSSR count). The van der Waals surface area contributed by atoms with Crippen molar-refractivity contribution in [2.24, 2.45) is 0 Å². The predicted molar refractivity (Wildman–Crippen MR) is 561 cm³/mol. The number of fused-ring (bicyclic) bond motifs is 8. The summed E-state index contributed by atoms with van der Waals surface area (Å²) in [4.78, 5) is 19.4. The zero-order valence-electron chi connectivity index (χ0n) is 84.3. The van der Waals surface area contributed by atoms with Gasteiger partial charge in [-0.2, -0.15) is 107 Å². The van der Waals surface area contributed by atoms with Crippen LogP contribution in [0, 0.1) is 37.6 Å². The van der Waals surface area contributed by atoms with Crippen molar-refractivity contribution in [3.63, 3.8) is 0 Å². The Morgan fingerprint density at radius 2 is 0.515 bits per heavy atom. The topological polar surface area (TPSA) is 48.6 Å². The van der Waals surface area contributed by atoms with Gasteiger partial charge in [-0.1, -0.05) is 327 Å². The van der Waals surface area contributed by atoms with Crippen molar-refractivity contribution >= 4 is 89.1 Å². The Balaban J connectivity index is 0.000000202. The molecule has 2 aliphatic heterocycles. The molecule has 10 heteroatoms. The minimum Gasteiger partial charge on any atom is -0.493 e. The molecule has 0 spiro atoms. The van der Waals surface area contributed by atoms with Crippen molar-refractivity contribution in [3.8, 4) is 11.6 Å². The second kappa shape index (κ2) is 35.3. The van der Waals surface area contributed by atoms with Gasteiger partial charge < -0.3 is 28.7 Å². The fourth-order valence-electron chi connectivity index (χ4n) is 18.9. The summed E-state index contributed by atoms with van der Waals surface area (Å²) >= 11 is 0. The Hall–Kier alpha value is -10.9. The summed E-state index contributed by atoms with van der Waals surface area (Å²) in [5, 5.41) is 4.69. The molecular weight excluding hydrogens is 1990 g/mol. The number of anilines is 8. The number of nitrogens with zero attached hydrogens (tertiary/aromatic N) is 8. The number of benzene rings is 12. The Kier molecular flexibility index (Phi) is 25.8. The maximum absolute atomic E-state index is 5.11. The summed E-state index contributed by atoms with van der Waals surface area (Å²) in [6, 6.07) is 112. The largest absolute Gasteiger partial charge is 0.493 e. The van der Waals surface area contributed by atoms with E-state index in [9.17, 15) is 0 Å². The first-order chi connectivity index (χ1) is 61.8. The zero-order chi connectivity index (χ0) is 94.5. The summed E-state index contributed by atoms with van der Waals surface area (Å²) in [7, 11) is 0. The van der Waals surface area contributed by atoms with Crippen LogP contribution in [0.5, 0.6) is 0 Å². The van der Waals surface area contributed by atoms with Crippen LogP contribution in [0.4, 0.5) is 45.5 Å². The first kappa shape index (κ1) is 97.7. The van der Waals surface area contributed by atoms with E-state index in [-0.39, 0.29) is 90.9 Å². The van der Waals surface area contributed by atoms with E-state index < -0.39 is 10.8 Å². The summed E-state index contributed by atoms with van der Waals surface area (Å²) in [5.41, 5.74) is 30.7. The molecule has 696 valence electrons. The van der Waals surface area contributed by atoms with Crippen LogP contribution in [0.2, 0.25) is 0 Å². The SMILES string of the molecule is CC(C)(C)c1cc(N2[CH-]N(c3[c-]c(C(C)(C)c4[c-]c5c(cc4)c4ccccc4n5-c4cc(C(C)(C)c5cc(C(C)(C)C)cc(C(C)(C)C)c5)ccn4)ccc3)c3ccccc32)cc(C(C)(C)C)c1.CC(C)(C)c1ccc(C(C)(C)c2ccnc(-n3c4[c-]c(C(C)(C)c5[c-]c(N6[CH-]N(c7cc(C(C)(C)C)cc(C(C)(C)C)c7)c7ccccc76)ccc5)ccc4c4ccccc43)c2)cc1.[Pt].[Pt]. The van der Waals surface area contributed by atoms with Gasteiger partial charge in [0.15, 0.2) is 0 Å². The van der Waals surface area contributed by atoms with Crippen molar-refractivity contribution in [2.75, 3.05) is 19.6 Å². The van der Waals surface area contributed by atoms with Gasteiger partial charge in [0.25, 0.3) is 0 Å². The Morgan fingerprint density at radius 1 is 0.224 bits per heavy atom. The van der Waals surface area contributed by atoms with E-state index in [1.807, 2.05) is 12.4 Å². The molecule has 6 heterocycles. The molecule has 0 N–H and O–H groups in total. The third kappa shape index (κ3) is 18.5. The molecule has 16 aromatic rings. The number of hydrogen-bond acceptors (Lipinski definition) is 6. The van der Waals surface area contributed by atoms with Crippen LogP contribution in [0.1, 0.15) is 284 Å². The first-order valence-corrected chi connectivity index (χ1v) is 47.4. The average Bonchev–Trinajstić information content (AvgIpc) is 1.58. The summed E-state index contributed by atoms with van der Waals surface area (Å²) < 4.78 is 4.62. The minimum atomic E-state index is -0.437. The maximum Gasteiger partial charge on any atom is 0.135 e.